The van der Waals surface area contributed by atoms with Gasteiger partial charge in [0.1, 0.15) is 0 Å². The Hall–Kier alpha value is -2.68. The largest absolute Gasteiger partial charge is 0.269 e. The van der Waals surface area contributed by atoms with Gasteiger partial charge in [-0.2, -0.15) is 5.10 Å². The van der Waals surface area contributed by atoms with Crippen LogP contribution in [-0.4, -0.2) is 18.2 Å². The highest BCUT2D eigenvalue weighted by molar-refractivity contribution is 5.85. The number of hydrogen-bond donors (Lipinski definition) is 0. The first-order valence-electron chi connectivity index (χ1n) is 7.48. The summed E-state index contributed by atoms with van der Waals surface area (Å²) in [7, 11) is 1.94. The molecule has 0 amide bonds. The van der Waals surface area contributed by atoms with Gasteiger partial charge in [0, 0.05) is 12.4 Å². The lowest BCUT2D eigenvalue weighted by Gasteiger charge is -2.13. The summed E-state index contributed by atoms with van der Waals surface area (Å²) >= 11 is 0. The van der Waals surface area contributed by atoms with E-state index in [1.807, 2.05) is 36.3 Å². The molecule has 22 heavy (non-hydrogen) atoms. The van der Waals surface area contributed by atoms with Crippen molar-refractivity contribution in [1.82, 2.24) is 4.98 Å². The highest BCUT2D eigenvalue weighted by Crippen LogP contribution is 2.15. The van der Waals surface area contributed by atoms with Gasteiger partial charge in [0.15, 0.2) is 0 Å². The Morgan fingerprint density at radius 2 is 1.77 bits per heavy atom. The van der Waals surface area contributed by atoms with E-state index in [-0.39, 0.29) is 0 Å². The maximum Gasteiger partial charge on any atom is 0.0838 e. The monoisotopic (exact) mass is 289 g/mol. The molecule has 0 aliphatic heterocycles. The molecule has 3 rings (SSSR count). The fourth-order valence-electron chi connectivity index (χ4n) is 2.31. The highest BCUT2D eigenvalue weighted by Gasteiger charge is 1.99. The SMILES string of the molecule is CCc1ccc(N(C)/N=C/c2ccc3ccccc3n2)cc1. The summed E-state index contributed by atoms with van der Waals surface area (Å²) in [6.07, 6.45) is 2.84. The molecular formula is C19H19N3. The second-order valence-corrected chi connectivity index (χ2v) is 5.22. The molecule has 0 atom stereocenters. The van der Waals surface area contributed by atoms with E-state index in [9.17, 15) is 0 Å². The molecule has 0 saturated carbocycles. The van der Waals surface area contributed by atoms with Crippen LogP contribution in [0.1, 0.15) is 18.2 Å². The number of hydrazone groups is 1. The predicted molar refractivity (Wildman–Crippen MR) is 93.6 cm³/mol. The molecule has 1 aromatic heterocycles. The fraction of sp³-hybridized carbons (Fsp3) is 0.158. The van der Waals surface area contributed by atoms with Gasteiger partial charge in [-0.25, -0.2) is 4.98 Å². The maximum atomic E-state index is 4.59. The Bertz CT molecular complexity index is 791. The summed E-state index contributed by atoms with van der Waals surface area (Å²) in [5, 5.41) is 7.47. The molecule has 0 radical (unpaired) electrons. The quantitative estimate of drug-likeness (QED) is 0.530. The summed E-state index contributed by atoms with van der Waals surface area (Å²) in [5.41, 5.74) is 4.24. The lowest BCUT2D eigenvalue weighted by molar-refractivity contribution is 1.02. The second kappa shape index (κ2) is 6.39. The van der Waals surface area contributed by atoms with Gasteiger partial charge in [-0.1, -0.05) is 43.3 Å². The highest BCUT2D eigenvalue weighted by atomic mass is 15.4. The zero-order valence-electron chi connectivity index (χ0n) is 12.9. The maximum absolute atomic E-state index is 4.59. The van der Waals surface area contributed by atoms with Crippen molar-refractivity contribution >= 4 is 22.8 Å². The molecule has 3 aromatic rings. The van der Waals surface area contributed by atoms with Crippen LogP contribution in [0.2, 0.25) is 0 Å². The smallest absolute Gasteiger partial charge is 0.0838 e. The molecule has 0 aliphatic carbocycles. The average Bonchev–Trinajstić information content (AvgIpc) is 2.59. The van der Waals surface area contributed by atoms with Crippen molar-refractivity contribution < 1.29 is 0 Å². The van der Waals surface area contributed by atoms with Crippen LogP contribution in [-0.2, 0) is 6.42 Å². The third kappa shape index (κ3) is 3.14. The molecule has 3 heteroatoms. The van der Waals surface area contributed by atoms with E-state index in [1.165, 1.54) is 5.56 Å². The number of anilines is 1. The fourth-order valence-corrected chi connectivity index (χ4v) is 2.31. The van der Waals surface area contributed by atoms with Crippen LogP contribution in [0.4, 0.5) is 5.69 Å². The van der Waals surface area contributed by atoms with Gasteiger partial charge in [-0.3, -0.25) is 5.01 Å². The van der Waals surface area contributed by atoms with Crippen LogP contribution in [0.15, 0.2) is 65.8 Å². The summed E-state index contributed by atoms with van der Waals surface area (Å²) in [6.45, 7) is 2.16. The van der Waals surface area contributed by atoms with Crippen LogP contribution in [0.5, 0.6) is 0 Å². The number of aryl methyl sites for hydroxylation is 1. The van der Waals surface area contributed by atoms with Crippen molar-refractivity contribution in [2.24, 2.45) is 5.10 Å². The molecule has 110 valence electrons. The molecule has 0 bridgehead atoms. The van der Waals surface area contributed by atoms with E-state index in [0.29, 0.717) is 0 Å². The molecule has 3 nitrogen and oxygen atoms in total. The van der Waals surface area contributed by atoms with E-state index in [1.54, 1.807) is 6.21 Å². The molecule has 0 fully saturated rings. The van der Waals surface area contributed by atoms with Gasteiger partial charge in [0.2, 0.25) is 0 Å². The number of pyridine rings is 1. The van der Waals surface area contributed by atoms with Crippen LogP contribution >= 0.6 is 0 Å². The Morgan fingerprint density at radius 3 is 2.55 bits per heavy atom. The Balaban J connectivity index is 1.78. The second-order valence-electron chi connectivity index (χ2n) is 5.22. The van der Waals surface area contributed by atoms with Crippen molar-refractivity contribution in [1.29, 1.82) is 0 Å². The third-order valence-corrected chi connectivity index (χ3v) is 3.70. The number of aromatic nitrogens is 1. The zero-order chi connectivity index (χ0) is 15.4. The molecule has 0 N–H and O–H groups in total. The van der Waals surface area contributed by atoms with Crippen LogP contribution < -0.4 is 5.01 Å². The van der Waals surface area contributed by atoms with Crippen molar-refractivity contribution in [3.63, 3.8) is 0 Å². The predicted octanol–water partition coefficient (Wildman–Crippen LogP) is 4.27. The zero-order valence-corrected chi connectivity index (χ0v) is 12.9. The Kier molecular flexibility index (Phi) is 4.15. The molecule has 0 spiro atoms. The first kappa shape index (κ1) is 14.3. The van der Waals surface area contributed by atoms with Crippen LogP contribution in [0.3, 0.4) is 0 Å². The molecule has 2 aromatic carbocycles. The van der Waals surface area contributed by atoms with E-state index < -0.39 is 0 Å². The minimum absolute atomic E-state index is 0.857. The normalized spacial score (nSPS) is 11.2. The number of rotatable bonds is 4. The van der Waals surface area contributed by atoms with Gasteiger partial charge in [-0.15, -0.1) is 0 Å². The van der Waals surface area contributed by atoms with Crippen LogP contribution in [0, 0.1) is 0 Å². The number of para-hydroxylation sites is 1. The van der Waals surface area contributed by atoms with Crippen molar-refractivity contribution in [2.75, 3.05) is 12.1 Å². The molecule has 0 saturated heterocycles. The number of nitrogens with zero attached hydrogens (tertiary/aromatic N) is 3. The standard InChI is InChI=1S/C19H19N3/c1-3-15-8-12-18(13-9-15)22(2)20-14-17-11-10-16-6-4-5-7-19(16)21-17/h4-14H,3H2,1-2H3/b20-14+. The minimum Gasteiger partial charge on any atom is -0.269 e. The van der Waals surface area contributed by atoms with E-state index in [0.717, 1.165) is 28.7 Å². The van der Waals surface area contributed by atoms with Gasteiger partial charge in [-0.05, 0) is 36.2 Å². The van der Waals surface area contributed by atoms with Crippen molar-refractivity contribution in [3.05, 3.63) is 71.9 Å². The minimum atomic E-state index is 0.857. The third-order valence-electron chi connectivity index (χ3n) is 3.70. The summed E-state index contributed by atoms with van der Waals surface area (Å²) in [5.74, 6) is 0. The van der Waals surface area contributed by atoms with Gasteiger partial charge >= 0.3 is 0 Å². The van der Waals surface area contributed by atoms with Crippen molar-refractivity contribution in [2.45, 2.75) is 13.3 Å². The summed E-state index contributed by atoms with van der Waals surface area (Å²) < 4.78 is 0. The number of hydrogen-bond acceptors (Lipinski definition) is 3. The lowest BCUT2D eigenvalue weighted by atomic mass is 10.1. The van der Waals surface area contributed by atoms with Gasteiger partial charge in [0.05, 0.1) is 23.1 Å². The molecule has 0 unspecified atom stereocenters. The van der Waals surface area contributed by atoms with Gasteiger partial charge in [0.25, 0.3) is 0 Å². The topological polar surface area (TPSA) is 28.5 Å². The number of fused-ring (bicyclic) bond motifs is 1. The van der Waals surface area contributed by atoms with Gasteiger partial charge < -0.3 is 0 Å². The summed E-state index contributed by atoms with van der Waals surface area (Å²) in [4.78, 5) is 4.59. The van der Waals surface area contributed by atoms with E-state index in [4.69, 9.17) is 0 Å². The average molecular weight is 289 g/mol. The Labute approximate surface area is 130 Å². The van der Waals surface area contributed by atoms with Crippen molar-refractivity contribution in [3.8, 4) is 0 Å². The van der Waals surface area contributed by atoms with E-state index >= 15 is 0 Å². The van der Waals surface area contributed by atoms with E-state index in [2.05, 4.69) is 53.4 Å². The first-order valence-corrected chi connectivity index (χ1v) is 7.48. The number of benzene rings is 2. The molecule has 0 aliphatic rings. The summed E-state index contributed by atoms with van der Waals surface area (Å²) in [6, 6.07) is 20.6. The lowest BCUT2D eigenvalue weighted by Crippen LogP contribution is -2.09. The molecule has 1 heterocycles. The molecular weight excluding hydrogens is 270 g/mol. The first-order chi connectivity index (χ1) is 10.8. The Morgan fingerprint density at radius 1 is 1.00 bits per heavy atom. The van der Waals surface area contributed by atoms with Crippen LogP contribution in [0.25, 0.3) is 10.9 Å².